The lowest BCUT2D eigenvalue weighted by atomic mass is 10.0. The highest BCUT2D eigenvalue weighted by atomic mass is 16.6. The molecule has 0 aliphatic carbocycles. The van der Waals surface area contributed by atoms with Crippen molar-refractivity contribution in [2.24, 2.45) is 0 Å². The summed E-state index contributed by atoms with van der Waals surface area (Å²) in [6, 6.07) is 7.90. The first-order valence-corrected chi connectivity index (χ1v) is 7.20. The zero-order valence-electron chi connectivity index (χ0n) is 13.2. The predicted molar refractivity (Wildman–Crippen MR) is 83.4 cm³/mol. The molecule has 0 aromatic heterocycles. The molecule has 1 aliphatic heterocycles. The van der Waals surface area contributed by atoms with Crippen molar-refractivity contribution < 1.29 is 14.3 Å². The number of benzene rings is 1. The van der Waals surface area contributed by atoms with Crippen molar-refractivity contribution in [3.05, 3.63) is 35.9 Å². The first kappa shape index (κ1) is 15.4. The van der Waals surface area contributed by atoms with Crippen molar-refractivity contribution >= 4 is 11.7 Å². The van der Waals surface area contributed by atoms with Gasteiger partial charge in [0.25, 0.3) is 0 Å². The molecule has 0 saturated carbocycles. The van der Waals surface area contributed by atoms with Crippen LogP contribution in [0.15, 0.2) is 30.3 Å². The Balaban J connectivity index is 2.06. The molecule has 0 fully saturated rings. The Morgan fingerprint density at radius 2 is 1.86 bits per heavy atom. The van der Waals surface area contributed by atoms with Crippen molar-refractivity contribution in [2.75, 3.05) is 20.2 Å². The zero-order chi connectivity index (χ0) is 15.5. The fraction of sp³-hybridized carbons (Fsp3) is 0.471. The van der Waals surface area contributed by atoms with Crippen molar-refractivity contribution in [2.45, 2.75) is 32.8 Å². The van der Waals surface area contributed by atoms with E-state index in [1.807, 2.05) is 45.0 Å². The van der Waals surface area contributed by atoms with Crippen molar-refractivity contribution in [1.82, 2.24) is 4.90 Å². The second-order valence-corrected chi connectivity index (χ2v) is 6.15. The zero-order valence-corrected chi connectivity index (χ0v) is 13.2. The topological polar surface area (TPSA) is 38.8 Å². The first-order valence-electron chi connectivity index (χ1n) is 7.20. The third-order valence-corrected chi connectivity index (χ3v) is 3.26. The van der Waals surface area contributed by atoms with E-state index in [-0.39, 0.29) is 6.09 Å². The smallest absolute Gasteiger partial charge is 0.410 e. The molecule has 21 heavy (non-hydrogen) atoms. The maximum atomic E-state index is 12.1. The molecule has 0 N–H and O–H groups in total. The van der Waals surface area contributed by atoms with E-state index >= 15 is 0 Å². The predicted octanol–water partition coefficient (Wildman–Crippen LogP) is 3.72. The Morgan fingerprint density at radius 3 is 2.43 bits per heavy atom. The van der Waals surface area contributed by atoms with Crippen LogP contribution in [0.5, 0.6) is 5.75 Å². The summed E-state index contributed by atoms with van der Waals surface area (Å²) in [4.78, 5) is 13.9. The summed E-state index contributed by atoms with van der Waals surface area (Å²) in [7, 11) is 1.65. The van der Waals surface area contributed by atoms with Crippen LogP contribution in [-0.2, 0) is 4.74 Å². The fourth-order valence-corrected chi connectivity index (χ4v) is 2.24. The lowest BCUT2D eigenvalue weighted by molar-refractivity contribution is 0.0273. The molecule has 4 heteroatoms. The summed E-state index contributed by atoms with van der Waals surface area (Å²) in [5.74, 6) is 0.833. The first-order chi connectivity index (χ1) is 9.89. The van der Waals surface area contributed by atoms with Crippen LogP contribution in [0.2, 0.25) is 0 Å². The van der Waals surface area contributed by atoms with Gasteiger partial charge in [-0.3, -0.25) is 0 Å². The van der Waals surface area contributed by atoms with Crippen molar-refractivity contribution in [1.29, 1.82) is 0 Å². The lowest BCUT2D eigenvalue weighted by Crippen LogP contribution is -2.39. The number of hydrogen-bond acceptors (Lipinski definition) is 3. The molecule has 0 spiro atoms. The van der Waals surface area contributed by atoms with Gasteiger partial charge in [0, 0.05) is 13.1 Å². The van der Waals surface area contributed by atoms with Gasteiger partial charge in [0.05, 0.1) is 7.11 Å². The molecule has 1 heterocycles. The van der Waals surface area contributed by atoms with E-state index < -0.39 is 5.60 Å². The third-order valence-electron chi connectivity index (χ3n) is 3.26. The van der Waals surface area contributed by atoms with Crippen LogP contribution in [-0.4, -0.2) is 36.8 Å². The highest BCUT2D eigenvalue weighted by molar-refractivity contribution is 5.75. The average molecular weight is 289 g/mol. The van der Waals surface area contributed by atoms with Gasteiger partial charge in [0.1, 0.15) is 11.4 Å². The molecule has 0 saturated heterocycles. The summed E-state index contributed by atoms with van der Waals surface area (Å²) in [5.41, 5.74) is 1.80. The largest absolute Gasteiger partial charge is 0.497 e. The maximum Gasteiger partial charge on any atom is 0.410 e. The van der Waals surface area contributed by atoms with Crippen molar-refractivity contribution in [3.63, 3.8) is 0 Å². The summed E-state index contributed by atoms with van der Waals surface area (Å²) in [6.45, 7) is 6.94. The van der Waals surface area contributed by atoms with Crippen LogP contribution in [0.3, 0.4) is 0 Å². The van der Waals surface area contributed by atoms with E-state index in [1.165, 1.54) is 0 Å². The third kappa shape index (κ3) is 4.25. The molecule has 0 atom stereocenters. The lowest BCUT2D eigenvalue weighted by Gasteiger charge is -2.30. The summed E-state index contributed by atoms with van der Waals surface area (Å²) in [5, 5.41) is 0. The Hall–Kier alpha value is -1.97. The number of methoxy groups -OCH3 is 1. The summed E-state index contributed by atoms with van der Waals surface area (Å²) >= 11 is 0. The Bertz CT molecular complexity index is 526. The van der Waals surface area contributed by atoms with Crippen LogP contribution in [0.25, 0.3) is 5.57 Å². The number of hydrogen-bond donors (Lipinski definition) is 0. The second kappa shape index (κ2) is 6.20. The summed E-state index contributed by atoms with van der Waals surface area (Å²) < 4.78 is 10.6. The minimum Gasteiger partial charge on any atom is -0.497 e. The van der Waals surface area contributed by atoms with E-state index in [0.717, 1.165) is 23.3 Å². The van der Waals surface area contributed by atoms with Gasteiger partial charge in [-0.2, -0.15) is 0 Å². The number of rotatable bonds is 2. The van der Waals surface area contributed by atoms with E-state index in [9.17, 15) is 4.79 Å². The van der Waals surface area contributed by atoms with E-state index in [4.69, 9.17) is 9.47 Å². The molecule has 1 aromatic carbocycles. The minimum absolute atomic E-state index is 0.249. The second-order valence-electron chi connectivity index (χ2n) is 6.15. The van der Waals surface area contributed by atoms with Crippen LogP contribution in [0, 0.1) is 0 Å². The Labute approximate surface area is 126 Å². The average Bonchev–Trinajstić information content (AvgIpc) is 2.46. The molecular weight excluding hydrogens is 266 g/mol. The van der Waals surface area contributed by atoms with E-state index in [2.05, 4.69) is 6.08 Å². The van der Waals surface area contributed by atoms with Gasteiger partial charge in [-0.25, -0.2) is 4.79 Å². The molecule has 1 aliphatic rings. The maximum absolute atomic E-state index is 12.1. The molecule has 4 nitrogen and oxygen atoms in total. The van der Waals surface area contributed by atoms with Gasteiger partial charge in [0.2, 0.25) is 0 Å². The van der Waals surface area contributed by atoms with E-state index in [0.29, 0.717) is 13.1 Å². The minimum atomic E-state index is -0.460. The van der Waals surface area contributed by atoms with Gasteiger partial charge in [-0.15, -0.1) is 0 Å². The molecular formula is C17H23NO3. The highest BCUT2D eigenvalue weighted by Gasteiger charge is 2.24. The van der Waals surface area contributed by atoms with Gasteiger partial charge in [-0.05, 0) is 50.5 Å². The normalized spacial score (nSPS) is 15.4. The molecule has 1 aromatic rings. The molecule has 0 bridgehead atoms. The fourth-order valence-electron chi connectivity index (χ4n) is 2.24. The van der Waals surface area contributed by atoms with Crippen LogP contribution in [0.4, 0.5) is 4.79 Å². The van der Waals surface area contributed by atoms with Crippen molar-refractivity contribution in [3.8, 4) is 5.75 Å². The summed E-state index contributed by atoms with van der Waals surface area (Å²) in [6.07, 6.45) is 2.78. The number of ether oxygens (including phenoxy) is 2. The number of amides is 1. The molecule has 2 rings (SSSR count). The molecule has 1 amide bonds. The standard InChI is InChI=1S/C17H23NO3/c1-17(2,3)21-16(19)18-11-5-6-14(12-18)13-7-9-15(20-4)10-8-13/h6-10H,5,11-12H2,1-4H3. The van der Waals surface area contributed by atoms with Gasteiger partial charge in [0.15, 0.2) is 0 Å². The molecule has 114 valence electrons. The Morgan fingerprint density at radius 1 is 1.19 bits per heavy atom. The number of carbonyl (C=O) groups is 1. The van der Waals surface area contributed by atoms with Crippen LogP contribution in [0.1, 0.15) is 32.8 Å². The molecule has 0 unspecified atom stereocenters. The number of nitrogens with zero attached hydrogens (tertiary/aromatic N) is 1. The number of carbonyl (C=O) groups excluding carboxylic acids is 1. The monoisotopic (exact) mass is 289 g/mol. The highest BCUT2D eigenvalue weighted by Crippen LogP contribution is 2.24. The Kier molecular flexibility index (Phi) is 4.56. The van der Waals surface area contributed by atoms with Crippen LogP contribution < -0.4 is 4.74 Å². The van der Waals surface area contributed by atoms with Crippen LogP contribution >= 0.6 is 0 Å². The SMILES string of the molecule is COc1ccc(C2=CCCN(C(=O)OC(C)(C)C)C2)cc1. The van der Waals surface area contributed by atoms with Gasteiger partial charge in [-0.1, -0.05) is 18.2 Å². The van der Waals surface area contributed by atoms with Gasteiger partial charge >= 0.3 is 6.09 Å². The van der Waals surface area contributed by atoms with Gasteiger partial charge < -0.3 is 14.4 Å². The van der Waals surface area contributed by atoms with E-state index in [1.54, 1.807) is 12.0 Å². The molecule has 0 radical (unpaired) electrons. The quantitative estimate of drug-likeness (QED) is 0.833.